The number of carbonyl (C=O) groups is 1. The first kappa shape index (κ1) is 8.94. The van der Waals surface area contributed by atoms with Gasteiger partial charge >= 0.3 is 0 Å². The van der Waals surface area contributed by atoms with E-state index in [2.05, 4.69) is 19.1 Å². The van der Waals surface area contributed by atoms with E-state index >= 15 is 0 Å². The average Bonchev–Trinajstić information content (AvgIpc) is 2.69. The molecule has 2 heterocycles. The number of ketones is 1. The minimum atomic E-state index is -0.282. The summed E-state index contributed by atoms with van der Waals surface area (Å²) in [6.07, 6.45) is 1.82. The van der Waals surface area contributed by atoms with Gasteiger partial charge in [-0.1, -0.05) is 30.3 Å². The molecule has 4 rings (SSSR count). The molecule has 2 bridgehead atoms. The normalized spacial score (nSPS) is 48.2. The molecule has 4 atom stereocenters. The van der Waals surface area contributed by atoms with Gasteiger partial charge < -0.3 is 4.74 Å². The van der Waals surface area contributed by atoms with Crippen LogP contribution in [-0.4, -0.2) is 11.9 Å². The summed E-state index contributed by atoms with van der Waals surface area (Å²) in [4.78, 5) is 12.2. The van der Waals surface area contributed by atoms with Crippen LogP contribution in [0.15, 0.2) is 30.3 Å². The van der Waals surface area contributed by atoms with Crippen molar-refractivity contribution >= 4 is 5.78 Å². The smallest absolute Gasteiger partial charge is 0.170 e. The van der Waals surface area contributed by atoms with Crippen molar-refractivity contribution in [2.75, 3.05) is 0 Å². The van der Waals surface area contributed by atoms with Crippen molar-refractivity contribution < 1.29 is 9.53 Å². The van der Waals surface area contributed by atoms with Gasteiger partial charge in [-0.2, -0.15) is 0 Å². The zero-order chi connectivity index (χ0) is 11.0. The van der Waals surface area contributed by atoms with E-state index in [-0.39, 0.29) is 17.1 Å². The number of benzene rings is 1. The summed E-state index contributed by atoms with van der Waals surface area (Å²) in [6.45, 7) is 2.08. The molecule has 2 heteroatoms. The second-order valence-electron chi connectivity index (χ2n) is 5.54. The van der Waals surface area contributed by atoms with Crippen LogP contribution in [0.1, 0.15) is 25.3 Å². The van der Waals surface area contributed by atoms with Crippen molar-refractivity contribution in [1.82, 2.24) is 0 Å². The predicted octanol–water partition coefficient (Wildman–Crippen LogP) is 2.28. The van der Waals surface area contributed by atoms with E-state index in [1.54, 1.807) is 0 Å². The lowest BCUT2D eigenvalue weighted by atomic mass is 9.45. The minimum absolute atomic E-state index is 0.121. The van der Waals surface area contributed by atoms with Crippen LogP contribution in [0.5, 0.6) is 0 Å². The fraction of sp³-hybridized carbons (Fsp3) is 0.500. The van der Waals surface area contributed by atoms with E-state index in [4.69, 9.17) is 4.74 Å². The van der Waals surface area contributed by atoms with E-state index in [9.17, 15) is 4.79 Å². The fourth-order valence-electron chi connectivity index (χ4n) is 4.22. The Balaban J connectivity index is 1.93. The second kappa shape index (κ2) is 2.40. The first-order valence-electron chi connectivity index (χ1n) is 5.96. The summed E-state index contributed by atoms with van der Waals surface area (Å²) in [7, 11) is 0. The molecule has 82 valence electrons. The monoisotopic (exact) mass is 214 g/mol. The largest absolute Gasteiger partial charge is 0.358 e. The standard InChI is InChI=1S/C14H14O2/c1-13-8-10-7-11(12(13)15)16-14(10,13)9-5-3-2-4-6-9/h2-6,10-11H,7-8H2,1H3. The summed E-state index contributed by atoms with van der Waals surface area (Å²) >= 11 is 0. The third-order valence-electron chi connectivity index (χ3n) is 4.91. The van der Waals surface area contributed by atoms with E-state index in [1.165, 1.54) is 5.56 Å². The molecular weight excluding hydrogens is 200 g/mol. The summed E-state index contributed by atoms with van der Waals surface area (Å²) in [5.74, 6) is 0.890. The first-order chi connectivity index (χ1) is 7.68. The van der Waals surface area contributed by atoms with Gasteiger partial charge in [0, 0.05) is 0 Å². The molecule has 0 amide bonds. The SMILES string of the molecule is CC12CC3CC(OC31c1ccccc1)C2=O. The summed E-state index contributed by atoms with van der Waals surface area (Å²) in [6, 6.07) is 10.3. The highest BCUT2D eigenvalue weighted by atomic mass is 16.5. The molecule has 0 spiro atoms. The van der Waals surface area contributed by atoms with Crippen LogP contribution in [0.2, 0.25) is 0 Å². The van der Waals surface area contributed by atoms with Gasteiger partial charge in [-0.3, -0.25) is 4.79 Å². The highest BCUT2D eigenvalue weighted by Gasteiger charge is 2.78. The molecule has 2 aliphatic heterocycles. The van der Waals surface area contributed by atoms with Gasteiger partial charge in [0.15, 0.2) is 5.78 Å². The van der Waals surface area contributed by atoms with Crippen LogP contribution in [0.4, 0.5) is 0 Å². The molecule has 4 unspecified atom stereocenters. The topological polar surface area (TPSA) is 26.3 Å². The predicted molar refractivity (Wildman–Crippen MR) is 58.8 cm³/mol. The zero-order valence-corrected chi connectivity index (χ0v) is 9.27. The number of ether oxygens (including phenoxy) is 1. The molecule has 3 aliphatic rings. The summed E-state index contributed by atoms with van der Waals surface area (Å²) < 4.78 is 6.07. The quantitative estimate of drug-likeness (QED) is 0.717. The van der Waals surface area contributed by atoms with Crippen molar-refractivity contribution in [2.45, 2.75) is 31.5 Å². The average molecular weight is 214 g/mol. The summed E-state index contributed by atoms with van der Waals surface area (Å²) in [5.41, 5.74) is 0.667. The maximum Gasteiger partial charge on any atom is 0.170 e. The lowest BCUT2D eigenvalue weighted by Gasteiger charge is -2.56. The maximum absolute atomic E-state index is 12.2. The molecule has 1 aliphatic carbocycles. The van der Waals surface area contributed by atoms with Crippen LogP contribution in [0, 0.1) is 11.3 Å². The van der Waals surface area contributed by atoms with Gasteiger partial charge in [-0.25, -0.2) is 0 Å². The number of hydrogen-bond donors (Lipinski definition) is 0. The highest BCUT2D eigenvalue weighted by Crippen LogP contribution is 2.73. The Kier molecular flexibility index (Phi) is 1.34. The number of hydrogen-bond acceptors (Lipinski definition) is 2. The lowest BCUT2D eigenvalue weighted by molar-refractivity contribution is -0.168. The molecule has 1 saturated carbocycles. The number of Topliss-reactive ketones (excluding diaryl/α,β-unsaturated/α-hetero) is 1. The number of carbonyl (C=O) groups excluding carboxylic acids is 1. The van der Waals surface area contributed by atoms with Gasteiger partial charge in [0.25, 0.3) is 0 Å². The lowest BCUT2D eigenvalue weighted by Crippen LogP contribution is -2.61. The second-order valence-corrected chi connectivity index (χ2v) is 5.54. The van der Waals surface area contributed by atoms with E-state index in [0.29, 0.717) is 11.7 Å². The molecule has 3 fully saturated rings. The summed E-state index contributed by atoms with van der Waals surface area (Å²) in [5, 5.41) is 0. The van der Waals surface area contributed by atoms with Crippen molar-refractivity contribution in [3.63, 3.8) is 0 Å². The Bertz CT molecular complexity index is 481. The van der Waals surface area contributed by atoms with Crippen LogP contribution in [0.25, 0.3) is 0 Å². The van der Waals surface area contributed by atoms with Crippen LogP contribution >= 0.6 is 0 Å². The number of fused-ring (bicyclic) bond motifs is 1. The van der Waals surface area contributed by atoms with Gasteiger partial charge in [-0.15, -0.1) is 0 Å². The molecular formula is C14H14O2. The van der Waals surface area contributed by atoms with Gasteiger partial charge in [0.05, 0.1) is 5.41 Å². The van der Waals surface area contributed by atoms with Gasteiger partial charge in [-0.05, 0) is 31.2 Å². The molecule has 2 saturated heterocycles. The van der Waals surface area contributed by atoms with Crippen molar-refractivity contribution in [2.24, 2.45) is 11.3 Å². The van der Waals surface area contributed by atoms with Gasteiger partial charge in [0.2, 0.25) is 0 Å². The first-order valence-corrected chi connectivity index (χ1v) is 5.96. The molecule has 0 aromatic heterocycles. The third kappa shape index (κ3) is 0.671. The minimum Gasteiger partial charge on any atom is -0.358 e. The Hall–Kier alpha value is -1.15. The molecule has 1 aromatic carbocycles. The Morgan fingerprint density at radius 2 is 2.06 bits per heavy atom. The Labute approximate surface area is 94.6 Å². The van der Waals surface area contributed by atoms with E-state index in [1.807, 2.05) is 18.2 Å². The van der Waals surface area contributed by atoms with Crippen LogP contribution < -0.4 is 0 Å². The molecule has 2 nitrogen and oxygen atoms in total. The van der Waals surface area contributed by atoms with Crippen molar-refractivity contribution in [3.8, 4) is 0 Å². The highest BCUT2D eigenvalue weighted by molar-refractivity contribution is 5.95. The van der Waals surface area contributed by atoms with Crippen molar-refractivity contribution in [1.29, 1.82) is 0 Å². The third-order valence-corrected chi connectivity index (χ3v) is 4.91. The van der Waals surface area contributed by atoms with Crippen molar-refractivity contribution in [3.05, 3.63) is 35.9 Å². The fourth-order valence-corrected chi connectivity index (χ4v) is 4.22. The van der Waals surface area contributed by atoms with Crippen LogP contribution in [-0.2, 0) is 15.1 Å². The molecule has 0 N–H and O–H groups in total. The van der Waals surface area contributed by atoms with Gasteiger partial charge in [0.1, 0.15) is 11.7 Å². The maximum atomic E-state index is 12.2. The number of rotatable bonds is 1. The molecule has 1 aromatic rings. The Morgan fingerprint density at radius 3 is 2.69 bits per heavy atom. The molecule has 16 heavy (non-hydrogen) atoms. The Morgan fingerprint density at radius 1 is 1.31 bits per heavy atom. The van der Waals surface area contributed by atoms with E-state index < -0.39 is 0 Å². The van der Waals surface area contributed by atoms with E-state index in [0.717, 1.165) is 12.8 Å². The van der Waals surface area contributed by atoms with Crippen LogP contribution in [0.3, 0.4) is 0 Å². The molecule has 0 radical (unpaired) electrons. The zero-order valence-electron chi connectivity index (χ0n) is 9.27.